The summed E-state index contributed by atoms with van der Waals surface area (Å²) in [7, 11) is 3.14. The molecule has 0 saturated carbocycles. The minimum absolute atomic E-state index is 0.196. The number of rotatable bonds is 7. The minimum Gasteiger partial charge on any atom is -0.496 e. The summed E-state index contributed by atoms with van der Waals surface area (Å²) in [4.78, 5) is 17.0. The van der Waals surface area contributed by atoms with Crippen LogP contribution in [0.2, 0.25) is 0 Å². The molecule has 146 valence electrons. The molecule has 1 aromatic heterocycles. The summed E-state index contributed by atoms with van der Waals surface area (Å²) in [6, 6.07) is 11.4. The number of aryl methyl sites for hydroxylation is 1. The van der Waals surface area contributed by atoms with E-state index in [1.54, 1.807) is 32.6 Å². The number of nitrogens with one attached hydrogen (secondary N) is 1. The second-order valence-corrected chi connectivity index (χ2v) is 6.52. The maximum Gasteiger partial charge on any atom is 0.251 e. The number of carbonyl (C=O) groups excluding carboxylic acids is 1. The highest BCUT2D eigenvalue weighted by atomic mass is 16.5. The van der Waals surface area contributed by atoms with Crippen LogP contribution >= 0.6 is 0 Å². The van der Waals surface area contributed by atoms with Crippen LogP contribution in [-0.2, 0) is 6.42 Å². The van der Waals surface area contributed by atoms with E-state index in [1.165, 1.54) is 5.56 Å². The Hall–Kier alpha value is -3.28. The van der Waals surface area contributed by atoms with Crippen LogP contribution in [-0.4, -0.2) is 31.7 Å². The van der Waals surface area contributed by atoms with Gasteiger partial charge in [-0.3, -0.25) is 4.79 Å². The van der Waals surface area contributed by atoms with Crippen LogP contribution in [0, 0.1) is 13.8 Å². The molecular weight excluding hydrogens is 356 g/mol. The molecule has 1 amide bonds. The third-order valence-corrected chi connectivity index (χ3v) is 4.53. The first-order valence-corrected chi connectivity index (χ1v) is 9.04. The molecule has 0 bridgehead atoms. The second kappa shape index (κ2) is 8.61. The molecular formula is C22H24N2O4. The molecule has 1 heterocycles. The van der Waals surface area contributed by atoms with Crippen molar-refractivity contribution in [2.45, 2.75) is 20.3 Å². The third-order valence-electron chi connectivity index (χ3n) is 4.53. The van der Waals surface area contributed by atoms with Gasteiger partial charge in [-0.05, 0) is 38.1 Å². The molecule has 0 fully saturated rings. The Morgan fingerprint density at radius 2 is 1.71 bits per heavy atom. The minimum atomic E-state index is -0.196. The zero-order valence-electron chi connectivity index (χ0n) is 16.5. The molecule has 3 rings (SSSR count). The predicted octanol–water partition coefficient (Wildman–Crippen LogP) is 3.95. The first-order valence-electron chi connectivity index (χ1n) is 9.04. The van der Waals surface area contributed by atoms with Crippen LogP contribution in [0.3, 0.4) is 0 Å². The highest BCUT2D eigenvalue weighted by Crippen LogP contribution is 2.29. The van der Waals surface area contributed by atoms with E-state index in [9.17, 15) is 4.79 Å². The fourth-order valence-electron chi connectivity index (χ4n) is 2.87. The normalized spacial score (nSPS) is 10.6. The molecule has 28 heavy (non-hydrogen) atoms. The van der Waals surface area contributed by atoms with Gasteiger partial charge in [0, 0.05) is 29.7 Å². The van der Waals surface area contributed by atoms with Crippen molar-refractivity contribution in [2.24, 2.45) is 0 Å². The number of hydrogen-bond donors (Lipinski definition) is 1. The van der Waals surface area contributed by atoms with Gasteiger partial charge in [-0.1, -0.05) is 17.7 Å². The molecule has 0 unspecified atom stereocenters. The first kappa shape index (κ1) is 19.5. The molecule has 6 heteroatoms. The number of methoxy groups -OCH3 is 2. The van der Waals surface area contributed by atoms with Gasteiger partial charge in [0.25, 0.3) is 5.91 Å². The van der Waals surface area contributed by atoms with Crippen molar-refractivity contribution in [1.29, 1.82) is 0 Å². The van der Waals surface area contributed by atoms with Crippen molar-refractivity contribution in [1.82, 2.24) is 10.3 Å². The average molecular weight is 380 g/mol. The highest BCUT2D eigenvalue weighted by molar-refractivity contribution is 5.95. The largest absolute Gasteiger partial charge is 0.496 e. The quantitative estimate of drug-likeness (QED) is 0.672. The van der Waals surface area contributed by atoms with Crippen LogP contribution in [0.5, 0.6) is 11.5 Å². The Bertz CT molecular complexity index is 936. The van der Waals surface area contributed by atoms with Crippen molar-refractivity contribution < 1.29 is 18.7 Å². The summed E-state index contributed by atoms with van der Waals surface area (Å²) in [6.45, 7) is 4.36. The summed E-state index contributed by atoms with van der Waals surface area (Å²) in [5.41, 5.74) is 4.24. The maximum atomic E-state index is 12.5. The van der Waals surface area contributed by atoms with Crippen molar-refractivity contribution in [2.75, 3.05) is 20.8 Å². The molecule has 0 atom stereocenters. The Morgan fingerprint density at radius 1 is 1.07 bits per heavy atom. The summed E-state index contributed by atoms with van der Waals surface area (Å²) in [5.74, 6) is 1.61. The van der Waals surface area contributed by atoms with E-state index in [0.29, 0.717) is 35.9 Å². The number of hydrogen-bond acceptors (Lipinski definition) is 5. The lowest BCUT2D eigenvalue weighted by Gasteiger charge is -2.12. The highest BCUT2D eigenvalue weighted by Gasteiger charge is 2.14. The Kier molecular flexibility index (Phi) is 5.99. The van der Waals surface area contributed by atoms with E-state index in [-0.39, 0.29) is 5.91 Å². The van der Waals surface area contributed by atoms with Gasteiger partial charge in [0.05, 0.1) is 19.9 Å². The summed E-state index contributed by atoms with van der Waals surface area (Å²) in [5, 5.41) is 2.89. The van der Waals surface area contributed by atoms with Crippen molar-refractivity contribution in [3.63, 3.8) is 0 Å². The number of benzene rings is 2. The Morgan fingerprint density at radius 3 is 2.32 bits per heavy atom. The lowest BCUT2D eigenvalue weighted by atomic mass is 10.1. The summed E-state index contributed by atoms with van der Waals surface area (Å²) in [6.07, 6.45) is 2.19. The maximum absolute atomic E-state index is 12.5. The molecule has 0 aliphatic heterocycles. The fourth-order valence-corrected chi connectivity index (χ4v) is 2.87. The number of nitrogens with zero attached hydrogens (tertiary/aromatic N) is 1. The van der Waals surface area contributed by atoms with E-state index in [1.807, 2.05) is 38.1 Å². The third kappa shape index (κ3) is 4.34. The first-order chi connectivity index (χ1) is 13.5. The fraction of sp³-hybridized carbons (Fsp3) is 0.273. The smallest absolute Gasteiger partial charge is 0.251 e. The van der Waals surface area contributed by atoms with Crippen LogP contribution in [0.15, 0.2) is 47.1 Å². The zero-order valence-corrected chi connectivity index (χ0v) is 16.5. The Labute approximate surface area is 164 Å². The lowest BCUT2D eigenvalue weighted by Crippen LogP contribution is -2.25. The topological polar surface area (TPSA) is 73.6 Å². The van der Waals surface area contributed by atoms with Crippen LogP contribution < -0.4 is 14.8 Å². The van der Waals surface area contributed by atoms with Gasteiger partial charge in [-0.15, -0.1) is 0 Å². The van der Waals surface area contributed by atoms with E-state index < -0.39 is 0 Å². The van der Waals surface area contributed by atoms with E-state index >= 15 is 0 Å². The van der Waals surface area contributed by atoms with Gasteiger partial charge in [-0.2, -0.15) is 0 Å². The molecule has 6 nitrogen and oxygen atoms in total. The number of carbonyl (C=O) groups is 1. The van der Waals surface area contributed by atoms with E-state index in [4.69, 9.17) is 13.9 Å². The Balaban J connectivity index is 1.61. The molecule has 0 saturated heterocycles. The number of ether oxygens (including phenoxy) is 2. The predicted molar refractivity (Wildman–Crippen MR) is 107 cm³/mol. The van der Waals surface area contributed by atoms with Crippen molar-refractivity contribution in [3.8, 4) is 23.0 Å². The van der Waals surface area contributed by atoms with E-state index in [2.05, 4.69) is 10.3 Å². The SMILES string of the molecule is COc1cc(C(=O)NCCc2coc(-c3ccc(C)cc3)n2)cc(OC)c1C. The van der Waals surface area contributed by atoms with Crippen LogP contribution in [0.25, 0.3) is 11.5 Å². The van der Waals surface area contributed by atoms with Crippen LogP contribution in [0.4, 0.5) is 0 Å². The molecule has 0 aliphatic rings. The number of oxazole rings is 1. The van der Waals surface area contributed by atoms with Crippen molar-refractivity contribution in [3.05, 3.63) is 65.0 Å². The van der Waals surface area contributed by atoms with E-state index in [0.717, 1.165) is 16.8 Å². The molecule has 0 aliphatic carbocycles. The van der Waals surface area contributed by atoms with Crippen LogP contribution in [0.1, 0.15) is 27.2 Å². The van der Waals surface area contributed by atoms with Gasteiger partial charge < -0.3 is 19.2 Å². The number of aromatic nitrogens is 1. The van der Waals surface area contributed by atoms with Gasteiger partial charge >= 0.3 is 0 Å². The molecule has 0 radical (unpaired) electrons. The zero-order chi connectivity index (χ0) is 20.1. The summed E-state index contributed by atoms with van der Waals surface area (Å²) < 4.78 is 16.2. The second-order valence-electron chi connectivity index (χ2n) is 6.52. The van der Waals surface area contributed by atoms with Gasteiger partial charge in [0.2, 0.25) is 5.89 Å². The lowest BCUT2D eigenvalue weighted by molar-refractivity contribution is 0.0953. The monoisotopic (exact) mass is 380 g/mol. The van der Waals surface area contributed by atoms with Crippen molar-refractivity contribution >= 4 is 5.91 Å². The van der Waals surface area contributed by atoms with Gasteiger partial charge in [0.1, 0.15) is 17.8 Å². The molecule has 1 N–H and O–H groups in total. The molecule has 2 aromatic carbocycles. The van der Waals surface area contributed by atoms with Gasteiger partial charge in [0.15, 0.2) is 0 Å². The average Bonchev–Trinajstić information content (AvgIpc) is 3.17. The molecule has 3 aromatic rings. The standard InChI is InChI=1S/C22H24N2O4/c1-14-5-7-16(8-6-14)22-24-18(13-28-22)9-10-23-21(25)17-11-19(26-3)15(2)20(12-17)27-4/h5-8,11-13H,9-10H2,1-4H3,(H,23,25). The number of amides is 1. The molecule has 0 spiro atoms. The van der Waals surface area contributed by atoms with Gasteiger partial charge in [-0.25, -0.2) is 4.98 Å². The summed E-state index contributed by atoms with van der Waals surface area (Å²) >= 11 is 0.